The van der Waals surface area contributed by atoms with Crippen molar-refractivity contribution in [2.75, 3.05) is 20.2 Å². The van der Waals surface area contributed by atoms with Crippen LogP contribution in [0, 0.1) is 12.3 Å². The fourth-order valence-corrected chi connectivity index (χ4v) is 3.14. The monoisotopic (exact) mass is 277 g/mol. The van der Waals surface area contributed by atoms with E-state index >= 15 is 0 Å². The van der Waals surface area contributed by atoms with Crippen molar-refractivity contribution >= 4 is 0 Å². The molecule has 0 amide bonds. The number of benzene rings is 1. The Kier molecular flexibility index (Phi) is 5.06. The van der Waals surface area contributed by atoms with E-state index < -0.39 is 6.10 Å². The molecule has 2 N–H and O–H groups in total. The number of methoxy groups -OCH3 is 1. The smallest absolute Gasteiger partial charge is 0.124 e. The van der Waals surface area contributed by atoms with E-state index in [9.17, 15) is 5.11 Å². The van der Waals surface area contributed by atoms with E-state index in [1.165, 1.54) is 25.7 Å². The predicted octanol–water partition coefficient (Wildman–Crippen LogP) is 3.21. The summed E-state index contributed by atoms with van der Waals surface area (Å²) in [6, 6.07) is 5.93. The molecule has 1 atom stereocenters. The molecule has 0 spiro atoms. The Balaban J connectivity index is 1.91. The lowest BCUT2D eigenvalue weighted by atomic mass is 9.89. The molecule has 1 aromatic carbocycles. The van der Waals surface area contributed by atoms with Gasteiger partial charge in [0.25, 0.3) is 0 Å². The molecule has 2 rings (SSSR count). The quantitative estimate of drug-likeness (QED) is 0.839. The van der Waals surface area contributed by atoms with Crippen molar-refractivity contribution in [3.05, 3.63) is 29.3 Å². The van der Waals surface area contributed by atoms with Crippen LogP contribution in [0.1, 0.15) is 49.8 Å². The maximum Gasteiger partial charge on any atom is 0.124 e. The molecular weight excluding hydrogens is 250 g/mol. The number of aryl methyl sites for hydroxylation is 1. The van der Waals surface area contributed by atoms with Gasteiger partial charge >= 0.3 is 0 Å². The lowest BCUT2D eigenvalue weighted by Gasteiger charge is -2.25. The minimum absolute atomic E-state index is 0.413. The first kappa shape index (κ1) is 15.3. The number of rotatable bonds is 6. The van der Waals surface area contributed by atoms with Gasteiger partial charge in [-0.2, -0.15) is 0 Å². The van der Waals surface area contributed by atoms with Gasteiger partial charge < -0.3 is 15.2 Å². The number of ether oxygens (including phenoxy) is 1. The predicted molar refractivity (Wildman–Crippen MR) is 82.1 cm³/mol. The average Bonchev–Trinajstić information content (AvgIpc) is 2.85. The third-order valence-electron chi connectivity index (χ3n) is 4.44. The Morgan fingerprint density at radius 1 is 1.35 bits per heavy atom. The highest BCUT2D eigenvalue weighted by atomic mass is 16.5. The molecule has 0 aromatic heterocycles. The van der Waals surface area contributed by atoms with Gasteiger partial charge in [0.1, 0.15) is 5.75 Å². The van der Waals surface area contributed by atoms with Crippen LogP contribution in [0.5, 0.6) is 5.75 Å². The summed E-state index contributed by atoms with van der Waals surface area (Å²) < 4.78 is 5.33. The average molecular weight is 277 g/mol. The Labute approximate surface area is 122 Å². The van der Waals surface area contributed by atoms with E-state index in [4.69, 9.17) is 4.74 Å². The third-order valence-corrected chi connectivity index (χ3v) is 4.44. The molecule has 3 heteroatoms. The van der Waals surface area contributed by atoms with E-state index in [1.807, 2.05) is 25.1 Å². The fourth-order valence-electron chi connectivity index (χ4n) is 3.14. The maximum absolute atomic E-state index is 10.4. The van der Waals surface area contributed by atoms with Crippen molar-refractivity contribution in [2.24, 2.45) is 5.41 Å². The van der Waals surface area contributed by atoms with Crippen LogP contribution in [-0.4, -0.2) is 25.3 Å². The molecule has 0 heterocycles. The summed E-state index contributed by atoms with van der Waals surface area (Å²) in [5.74, 6) is 0.761. The largest absolute Gasteiger partial charge is 0.496 e. The van der Waals surface area contributed by atoms with Gasteiger partial charge in [0.05, 0.1) is 13.2 Å². The standard InChI is InChI=1S/C17H27NO2/c1-13-6-7-16(20-3)14(10-13)15(19)11-18-12-17(2)8-4-5-9-17/h6-7,10,15,18-19H,4-5,8-9,11-12H2,1-3H3. The summed E-state index contributed by atoms with van der Waals surface area (Å²) in [5.41, 5.74) is 2.43. The highest BCUT2D eigenvalue weighted by molar-refractivity contribution is 5.38. The minimum atomic E-state index is -0.519. The zero-order chi connectivity index (χ0) is 14.6. The van der Waals surface area contributed by atoms with Crippen LogP contribution < -0.4 is 10.1 Å². The Morgan fingerprint density at radius 3 is 2.70 bits per heavy atom. The molecule has 0 aliphatic heterocycles. The lowest BCUT2D eigenvalue weighted by molar-refractivity contribution is 0.163. The molecule has 0 bridgehead atoms. The van der Waals surface area contributed by atoms with Crippen LogP contribution in [0.15, 0.2) is 18.2 Å². The summed E-state index contributed by atoms with van der Waals surface area (Å²) in [4.78, 5) is 0. The van der Waals surface area contributed by atoms with E-state index in [1.54, 1.807) is 7.11 Å². The normalized spacial score (nSPS) is 19.0. The number of hydrogen-bond donors (Lipinski definition) is 2. The van der Waals surface area contributed by atoms with Gasteiger partial charge in [-0.15, -0.1) is 0 Å². The van der Waals surface area contributed by atoms with Gasteiger partial charge in [-0.25, -0.2) is 0 Å². The first-order valence-corrected chi connectivity index (χ1v) is 7.57. The lowest BCUT2D eigenvalue weighted by Crippen LogP contribution is -2.32. The Hall–Kier alpha value is -1.06. The second-order valence-corrected chi connectivity index (χ2v) is 6.41. The molecule has 0 radical (unpaired) electrons. The summed E-state index contributed by atoms with van der Waals surface area (Å²) in [5, 5.41) is 13.8. The van der Waals surface area contributed by atoms with Crippen molar-refractivity contribution in [1.82, 2.24) is 5.32 Å². The first-order valence-electron chi connectivity index (χ1n) is 7.57. The summed E-state index contributed by atoms with van der Waals surface area (Å²) >= 11 is 0. The molecule has 112 valence electrons. The van der Waals surface area contributed by atoms with E-state index in [0.29, 0.717) is 12.0 Å². The van der Waals surface area contributed by atoms with E-state index in [2.05, 4.69) is 12.2 Å². The third kappa shape index (κ3) is 3.74. The van der Waals surface area contributed by atoms with Crippen molar-refractivity contribution in [1.29, 1.82) is 0 Å². The van der Waals surface area contributed by atoms with E-state index in [0.717, 1.165) is 23.4 Å². The molecule has 20 heavy (non-hydrogen) atoms. The number of aliphatic hydroxyl groups excluding tert-OH is 1. The fraction of sp³-hybridized carbons (Fsp3) is 0.647. The van der Waals surface area contributed by atoms with Crippen LogP contribution in [0.2, 0.25) is 0 Å². The van der Waals surface area contributed by atoms with Gasteiger partial charge in [0.15, 0.2) is 0 Å². The molecule has 1 saturated carbocycles. The number of aliphatic hydroxyl groups is 1. The molecular formula is C17H27NO2. The van der Waals surface area contributed by atoms with E-state index in [-0.39, 0.29) is 0 Å². The van der Waals surface area contributed by atoms with Gasteiger partial charge in [0.2, 0.25) is 0 Å². The van der Waals surface area contributed by atoms with Crippen molar-refractivity contribution in [3.63, 3.8) is 0 Å². The Bertz CT molecular complexity index is 439. The van der Waals surface area contributed by atoms with Gasteiger partial charge in [-0.05, 0) is 37.3 Å². The summed E-state index contributed by atoms with van der Waals surface area (Å²) in [7, 11) is 1.65. The second kappa shape index (κ2) is 6.59. The molecule has 1 aliphatic carbocycles. The number of nitrogens with one attached hydrogen (secondary N) is 1. The Morgan fingerprint density at radius 2 is 2.05 bits per heavy atom. The van der Waals surface area contributed by atoms with Gasteiger partial charge in [0, 0.05) is 18.7 Å². The van der Waals surface area contributed by atoms with Crippen molar-refractivity contribution in [2.45, 2.75) is 45.6 Å². The highest BCUT2D eigenvalue weighted by Crippen LogP contribution is 2.36. The zero-order valence-electron chi connectivity index (χ0n) is 12.9. The molecule has 1 aromatic rings. The van der Waals surface area contributed by atoms with Gasteiger partial charge in [-0.1, -0.05) is 31.4 Å². The van der Waals surface area contributed by atoms with Crippen molar-refractivity contribution in [3.8, 4) is 5.75 Å². The maximum atomic E-state index is 10.4. The number of hydrogen-bond acceptors (Lipinski definition) is 3. The molecule has 1 aliphatic rings. The first-order chi connectivity index (χ1) is 9.54. The molecule has 0 saturated heterocycles. The van der Waals surface area contributed by atoms with Gasteiger partial charge in [-0.3, -0.25) is 0 Å². The summed E-state index contributed by atoms with van der Waals surface area (Å²) in [6.45, 7) is 5.93. The van der Waals surface area contributed by atoms with Crippen LogP contribution in [0.25, 0.3) is 0 Å². The van der Waals surface area contributed by atoms with Crippen LogP contribution in [-0.2, 0) is 0 Å². The van der Waals surface area contributed by atoms with Crippen LogP contribution in [0.4, 0.5) is 0 Å². The zero-order valence-corrected chi connectivity index (χ0v) is 12.9. The highest BCUT2D eigenvalue weighted by Gasteiger charge is 2.28. The van der Waals surface area contributed by atoms with Crippen LogP contribution >= 0.6 is 0 Å². The van der Waals surface area contributed by atoms with Crippen LogP contribution in [0.3, 0.4) is 0 Å². The molecule has 1 unspecified atom stereocenters. The molecule has 3 nitrogen and oxygen atoms in total. The second-order valence-electron chi connectivity index (χ2n) is 6.41. The SMILES string of the molecule is COc1ccc(C)cc1C(O)CNCC1(C)CCCC1. The van der Waals surface area contributed by atoms with Crippen molar-refractivity contribution < 1.29 is 9.84 Å². The molecule has 1 fully saturated rings. The minimum Gasteiger partial charge on any atom is -0.496 e. The topological polar surface area (TPSA) is 41.5 Å². The summed E-state index contributed by atoms with van der Waals surface area (Å²) in [6.07, 6.45) is 4.75.